The van der Waals surface area contributed by atoms with Gasteiger partial charge in [-0.25, -0.2) is 4.98 Å². The van der Waals surface area contributed by atoms with E-state index in [-0.39, 0.29) is 0 Å². The molecule has 0 saturated carbocycles. The molecule has 4 nitrogen and oxygen atoms in total. The molecule has 1 saturated heterocycles. The van der Waals surface area contributed by atoms with Crippen molar-refractivity contribution in [3.05, 3.63) is 42.4 Å². The second-order valence-corrected chi connectivity index (χ2v) is 5.35. The van der Waals surface area contributed by atoms with Crippen molar-refractivity contribution in [1.29, 1.82) is 0 Å². The SMILES string of the molecule is CNC1CCCN(Cc2ncc(-c3ccccc3)o2)C1. The third-order valence-electron chi connectivity index (χ3n) is 3.88. The van der Waals surface area contributed by atoms with Gasteiger partial charge >= 0.3 is 0 Å². The number of aromatic nitrogens is 1. The van der Waals surface area contributed by atoms with E-state index in [1.807, 2.05) is 43.6 Å². The van der Waals surface area contributed by atoms with Gasteiger partial charge in [0.15, 0.2) is 5.76 Å². The van der Waals surface area contributed by atoms with E-state index in [1.165, 1.54) is 12.8 Å². The second-order valence-electron chi connectivity index (χ2n) is 5.35. The summed E-state index contributed by atoms with van der Waals surface area (Å²) in [5, 5.41) is 3.36. The Morgan fingerprint density at radius 2 is 2.20 bits per heavy atom. The van der Waals surface area contributed by atoms with Crippen LogP contribution in [0.15, 0.2) is 40.9 Å². The first-order chi connectivity index (χ1) is 9.85. The normalized spacial score (nSPS) is 20.1. The molecule has 106 valence electrons. The fourth-order valence-electron chi connectivity index (χ4n) is 2.75. The Labute approximate surface area is 119 Å². The molecule has 0 spiro atoms. The lowest BCUT2D eigenvalue weighted by Crippen LogP contribution is -2.43. The van der Waals surface area contributed by atoms with Gasteiger partial charge in [0.05, 0.1) is 12.7 Å². The van der Waals surface area contributed by atoms with Gasteiger partial charge in [-0.15, -0.1) is 0 Å². The second kappa shape index (κ2) is 6.20. The van der Waals surface area contributed by atoms with Gasteiger partial charge in [0.1, 0.15) is 0 Å². The maximum absolute atomic E-state index is 5.87. The summed E-state index contributed by atoms with van der Waals surface area (Å²) in [6, 6.07) is 10.7. The van der Waals surface area contributed by atoms with Gasteiger partial charge in [-0.1, -0.05) is 30.3 Å². The number of rotatable bonds is 4. The van der Waals surface area contributed by atoms with E-state index in [9.17, 15) is 0 Å². The van der Waals surface area contributed by atoms with Crippen LogP contribution in [0, 0.1) is 0 Å². The zero-order valence-electron chi connectivity index (χ0n) is 11.9. The standard InChI is InChI=1S/C16H21N3O/c1-17-14-8-5-9-19(11-14)12-16-18-10-15(20-16)13-6-3-2-4-7-13/h2-4,6-7,10,14,17H,5,8-9,11-12H2,1H3. The Bertz CT molecular complexity index is 538. The van der Waals surface area contributed by atoms with Gasteiger partial charge in [0, 0.05) is 18.2 Å². The van der Waals surface area contributed by atoms with E-state index in [1.54, 1.807) is 0 Å². The molecule has 20 heavy (non-hydrogen) atoms. The van der Waals surface area contributed by atoms with Gasteiger partial charge in [0.2, 0.25) is 5.89 Å². The van der Waals surface area contributed by atoms with Gasteiger partial charge < -0.3 is 9.73 Å². The third kappa shape index (κ3) is 3.08. The molecule has 1 aromatic heterocycles. The summed E-state index contributed by atoms with van der Waals surface area (Å²) in [5.41, 5.74) is 1.08. The highest BCUT2D eigenvalue weighted by atomic mass is 16.4. The average molecular weight is 271 g/mol. The fraction of sp³-hybridized carbons (Fsp3) is 0.438. The highest BCUT2D eigenvalue weighted by Crippen LogP contribution is 2.21. The van der Waals surface area contributed by atoms with Crippen molar-refractivity contribution < 1.29 is 4.42 Å². The molecule has 0 bridgehead atoms. The Balaban J connectivity index is 1.65. The molecule has 1 unspecified atom stereocenters. The fourth-order valence-corrected chi connectivity index (χ4v) is 2.75. The average Bonchev–Trinajstić information content (AvgIpc) is 2.97. The molecular weight excluding hydrogens is 250 g/mol. The van der Waals surface area contributed by atoms with Crippen LogP contribution in [0.2, 0.25) is 0 Å². The number of likely N-dealkylation sites (tertiary alicyclic amines) is 1. The maximum atomic E-state index is 5.87. The smallest absolute Gasteiger partial charge is 0.209 e. The quantitative estimate of drug-likeness (QED) is 0.928. The molecule has 4 heteroatoms. The van der Waals surface area contributed by atoms with Crippen molar-refractivity contribution in [2.45, 2.75) is 25.4 Å². The van der Waals surface area contributed by atoms with E-state index >= 15 is 0 Å². The number of nitrogens with one attached hydrogen (secondary N) is 1. The first-order valence-corrected chi connectivity index (χ1v) is 7.25. The Hall–Kier alpha value is -1.65. The van der Waals surface area contributed by atoms with Crippen LogP contribution in [0.5, 0.6) is 0 Å². The summed E-state index contributed by atoms with van der Waals surface area (Å²) in [7, 11) is 2.03. The molecule has 0 aliphatic carbocycles. The van der Waals surface area contributed by atoms with E-state index in [0.29, 0.717) is 6.04 Å². The molecular formula is C16H21N3O. The van der Waals surface area contributed by atoms with Crippen LogP contribution in [0.3, 0.4) is 0 Å². The van der Waals surface area contributed by atoms with Crippen LogP contribution in [-0.4, -0.2) is 36.1 Å². The van der Waals surface area contributed by atoms with Crippen molar-refractivity contribution in [1.82, 2.24) is 15.2 Å². The summed E-state index contributed by atoms with van der Waals surface area (Å²) in [5.74, 6) is 1.66. The number of hydrogen-bond donors (Lipinski definition) is 1. The van der Waals surface area contributed by atoms with Crippen molar-refractivity contribution in [3.8, 4) is 11.3 Å². The lowest BCUT2D eigenvalue weighted by molar-refractivity contribution is 0.173. The van der Waals surface area contributed by atoms with Crippen LogP contribution in [0.25, 0.3) is 11.3 Å². The zero-order chi connectivity index (χ0) is 13.8. The topological polar surface area (TPSA) is 41.3 Å². The van der Waals surface area contributed by atoms with Crippen LogP contribution in [0.1, 0.15) is 18.7 Å². The summed E-state index contributed by atoms with van der Waals surface area (Å²) in [4.78, 5) is 6.82. The third-order valence-corrected chi connectivity index (χ3v) is 3.88. The number of nitrogens with zero attached hydrogens (tertiary/aromatic N) is 2. The molecule has 1 aromatic carbocycles. The summed E-state index contributed by atoms with van der Waals surface area (Å²) < 4.78 is 5.87. The molecule has 1 aliphatic rings. The molecule has 3 rings (SSSR count). The van der Waals surface area contributed by atoms with Crippen molar-refractivity contribution in [3.63, 3.8) is 0 Å². The predicted octanol–water partition coefficient (Wildman–Crippen LogP) is 2.53. The molecule has 1 atom stereocenters. The Morgan fingerprint density at radius 1 is 1.35 bits per heavy atom. The summed E-state index contributed by atoms with van der Waals surface area (Å²) >= 11 is 0. The Morgan fingerprint density at radius 3 is 3.00 bits per heavy atom. The van der Waals surface area contributed by atoms with Crippen molar-refractivity contribution >= 4 is 0 Å². The van der Waals surface area contributed by atoms with Crippen LogP contribution >= 0.6 is 0 Å². The highest BCUT2D eigenvalue weighted by Gasteiger charge is 2.20. The highest BCUT2D eigenvalue weighted by molar-refractivity contribution is 5.55. The van der Waals surface area contributed by atoms with Crippen LogP contribution < -0.4 is 5.32 Å². The Kier molecular flexibility index (Phi) is 4.14. The largest absolute Gasteiger partial charge is 0.439 e. The first-order valence-electron chi connectivity index (χ1n) is 7.25. The van der Waals surface area contributed by atoms with E-state index in [2.05, 4.69) is 15.2 Å². The van der Waals surface area contributed by atoms with Gasteiger partial charge in [-0.3, -0.25) is 4.90 Å². The van der Waals surface area contributed by atoms with Crippen LogP contribution in [0.4, 0.5) is 0 Å². The van der Waals surface area contributed by atoms with Crippen molar-refractivity contribution in [2.24, 2.45) is 0 Å². The van der Waals surface area contributed by atoms with Gasteiger partial charge in [-0.2, -0.15) is 0 Å². The summed E-state index contributed by atoms with van der Waals surface area (Å²) in [6.45, 7) is 2.99. The maximum Gasteiger partial charge on any atom is 0.209 e. The number of benzene rings is 1. The van der Waals surface area contributed by atoms with E-state index in [4.69, 9.17) is 4.42 Å². The van der Waals surface area contributed by atoms with E-state index < -0.39 is 0 Å². The van der Waals surface area contributed by atoms with Crippen molar-refractivity contribution in [2.75, 3.05) is 20.1 Å². The minimum atomic E-state index is 0.590. The van der Waals surface area contributed by atoms with Gasteiger partial charge in [0.25, 0.3) is 0 Å². The first kappa shape index (κ1) is 13.3. The molecule has 1 aliphatic heterocycles. The molecule has 2 heterocycles. The molecule has 2 aromatic rings. The molecule has 0 amide bonds. The zero-order valence-corrected chi connectivity index (χ0v) is 11.9. The number of hydrogen-bond acceptors (Lipinski definition) is 4. The van der Waals surface area contributed by atoms with Gasteiger partial charge in [-0.05, 0) is 26.4 Å². The number of piperidine rings is 1. The summed E-state index contributed by atoms with van der Waals surface area (Å²) in [6.07, 6.45) is 4.32. The number of oxazole rings is 1. The molecule has 1 N–H and O–H groups in total. The predicted molar refractivity (Wildman–Crippen MR) is 79.3 cm³/mol. The lowest BCUT2D eigenvalue weighted by atomic mass is 10.1. The van der Waals surface area contributed by atoms with E-state index in [0.717, 1.165) is 36.8 Å². The number of likely N-dealkylation sites (N-methyl/N-ethyl adjacent to an activating group) is 1. The molecule has 0 radical (unpaired) electrons. The molecule has 1 fully saturated rings. The monoisotopic (exact) mass is 271 g/mol. The minimum Gasteiger partial charge on any atom is -0.439 e. The lowest BCUT2D eigenvalue weighted by Gasteiger charge is -2.31. The van der Waals surface area contributed by atoms with Crippen LogP contribution in [-0.2, 0) is 6.54 Å². The minimum absolute atomic E-state index is 0.590.